The predicted octanol–water partition coefficient (Wildman–Crippen LogP) is 7.78. The van der Waals surface area contributed by atoms with E-state index in [4.69, 9.17) is 0 Å². The molecule has 2 N–H and O–H groups in total. The van der Waals surface area contributed by atoms with Gasteiger partial charge >= 0.3 is 28.7 Å². The molecule has 0 aliphatic heterocycles. The Hall–Kier alpha value is -3.41. The van der Waals surface area contributed by atoms with Crippen molar-refractivity contribution in [2.24, 2.45) is 0 Å². The molecule has 0 spiro atoms. The van der Waals surface area contributed by atoms with Gasteiger partial charge in [-0.25, -0.2) is 11.3 Å². The number of allylic oxidation sites excluding steroid dienone is 4. The molecule has 7 rings (SSSR count). The fourth-order valence-corrected chi connectivity index (χ4v) is 15.2. The van der Waals surface area contributed by atoms with Gasteiger partial charge in [0.15, 0.2) is 0 Å². The molecule has 8 heteroatoms. The molecular formula is C47H53ClO2Si4Ti. The number of rotatable bonds is 8. The molecule has 0 heterocycles. The summed E-state index contributed by atoms with van der Waals surface area (Å²) >= 11 is 1.47. The Morgan fingerprint density at radius 3 is 0.764 bits per heavy atom. The number of hydrogen-bond donors (Lipinski definition) is 2. The van der Waals surface area contributed by atoms with Crippen molar-refractivity contribution in [2.45, 2.75) is 45.7 Å². The minimum absolute atomic E-state index is 1.01. The number of hydrogen-bond acceptors (Lipinski definition) is 2. The summed E-state index contributed by atoms with van der Waals surface area (Å²) in [7, 11) is -3.28. The molecule has 1 aliphatic carbocycles. The Labute approximate surface area is 349 Å². The third-order valence-electron chi connectivity index (χ3n) is 9.66. The first-order chi connectivity index (χ1) is 26.3. The van der Waals surface area contributed by atoms with E-state index in [2.05, 4.69) is 60.7 Å². The zero-order chi connectivity index (χ0) is 40.0. The van der Waals surface area contributed by atoms with E-state index >= 15 is 0 Å². The second-order valence-corrected chi connectivity index (χ2v) is 32.0. The van der Waals surface area contributed by atoms with Crippen molar-refractivity contribution in [1.29, 1.82) is 0 Å². The second kappa shape index (κ2) is 20.7. The molecule has 0 atom stereocenters. The van der Waals surface area contributed by atoms with Gasteiger partial charge in [-0.3, -0.25) is 6.08 Å². The van der Waals surface area contributed by atoms with E-state index in [0.717, 1.165) is 31.1 Å². The van der Waals surface area contributed by atoms with Crippen LogP contribution in [0.25, 0.3) is 0 Å². The van der Waals surface area contributed by atoms with Gasteiger partial charge in [0, 0.05) is 8.07 Å². The molecule has 0 bridgehead atoms. The zero-order valence-corrected chi connectivity index (χ0v) is 39.2. The quantitative estimate of drug-likeness (QED) is 0.0935. The maximum absolute atomic E-state index is 11.6. The summed E-state index contributed by atoms with van der Waals surface area (Å²) in [6.07, 6.45) is 7.28. The average molecular weight is 846 g/mol. The van der Waals surface area contributed by atoms with Crippen molar-refractivity contribution in [2.75, 3.05) is 0 Å². The van der Waals surface area contributed by atoms with Crippen molar-refractivity contribution in [3.63, 3.8) is 0 Å². The van der Waals surface area contributed by atoms with Crippen molar-refractivity contribution in [3.8, 4) is 0 Å². The van der Waals surface area contributed by atoms with Gasteiger partial charge < -0.3 is 9.59 Å². The van der Waals surface area contributed by atoms with Crippen LogP contribution in [-0.2, 0) is 19.4 Å². The van der Waals surface area contributed by atoms with Crippen molar-refractivity contribution >= 4 is 73.2 Å². The summed E-state index contributed by atoms with van der Waals surface area (Å²) in [6.45, 7) is 14.4. The van der Waals surface area contributed by atoms with E-state index in [1.807, 2.05) is 182 Å². The summed E-state index contributed by atoms with van der Waals surface area (Å²) in [5, 5.41) is 9.23. The molecule has 0 fully saturated rings. The van der Waals surface area contributed by atoms with Gasteiger partial charge in [-0.15, -0.1) is 6.42 Å². The van der Waals surface area contributed by atoms with Gasteiger partial charge in [-0.1, -0.05) is 221 Å². The van der Waals surface area contributed by atoms with Gasteiger partial charge in [-0.05, 0) is 31.1 Å². The van der Waals surface area contributed by atoms with Crippen molar-refractivity contribution in [1.82, 2.24) is 0 Å². The third kappa shape index (κ3) is 11.6. The molecule has 1 aliphatic rings. The predicted molar refractivity (Wildman–Crippen MR) is 244 cm³/mol. The van der Waals surface area contributed by atoms with Gasteiger partial charge in [0.05, 0.1) is 8.07 Å². The zero-order valence-electron chi connectivity index (χ0n) is 32.9. The van der Waals surface area contributed by atoms with E-state index in [-0.39, 0.29) is 0 Å². The van der Waals surface area contributed by atoms with Gasteiger partial charge in [0.1, 0.15) is 0 Å². The normalized spacial score (nSPS) is 12.7. The van der Waals surface area contributed by atoms with Crippen LogP contribution in [0, 0.1) is 6.08 Å². The van der Waals surface area contributed by atoms with E-state index in [1.165, 1.54) is 25.8 Å². The Kier molecular flexibility index (Phi) is 16.6. The number of benzene rings is 6. The molecule has 0 radical (unpaired) electrons. The molecule has 6 aromatic carbocycles. The van der Waals surface area contributed by atoms with Gasteiger partial charge in [-0.2, -0.15) is 5.20 Å². The van der Waals surface area contributed by atoms with E-state index in [1.54, 1.807) is 10.4 Å². The molecule has 6 aromatic rings. The standard InChI is InChI=1S/2C18H16OSi.C11H21Si2.ClH.Ti/c2*19-20(16-10-4-1-5-11-16,17-12-6-2-7-13-17)18-14-8-3-9-15-18;1-12(2,3)10-7-8-11(9-10)13(4,5)6;;/h2*1-15,19H;7H,8H2,1-6H3;1H;/q;;-1;;+2/p-1. The first kappa shape index (κ1) is 44.3. The molecule has 0 amide bonds. The van der Waals surface area contributed by atoms with Crippen LogP contribution in [0.4, 0.5) is 0 Å². The summed E-state index contributed by atoms with van der Waals surface area (Å²) in [5.74, 6) is 0. The van der Waals surface area contributed by atoms with Crippen LogP contribution < -0.4 is 31.1 Å². The van der Waals surface area contributed by atoms with Crippen LogP contribution in [0.3, 0.4) is 0 Å². The summed E-state index contributed by atoms with van der Waals surface area (Å²) in [5.41, 5.74) is 0. The molecule has 280 valence electrons. The van der Waals surface area contributed by atoms with Crippen LogP contribution >= 0.6 is 9.30 Å². The van der Waals surface area contributed by atoms with Crippen LogP contribution in [0.2, 0.25) is 39.3 Å². The molecule has 0 saturated carbocycles. The molecule has 2 nitrogen and oxygen atoms in total. The fraction of sp³-hybridized carbons (Fsp3) is 0.149. The molecule has 0 saturated heterocycles. The van der Waals surface area contributed by atoms with Crippen LogP contribution in [0.1, 0.15) is 6.42 Å². The SMILES string of the molecule is C[Si](C)(C)C1=[C-]C([Si](C)(C)C)=CC1.O[Si](c1ccccc1)(c1ccccc1)c1ccccc1.O[Si](c1ccccc1)(c1ccccc1)c1ccccc1.[Cl][Ti+]. The van der Waals surface area contributed by atoms with E-state index in [9.17, 15) is 9.59 Å². The van der Waals surface area contributed by atoms with Crippen LogP contribution in [0.5, 0.6) is 0 Å². The monoisotopic (exact) mass is 844 g/mol. The molecule has 0 unspecified atom stereocenters. The topological polar surface area (TPSA) is 40.5 Å². The van der Waals surface area contributed by atoms with Crippen LogP contribution in [-0.4, -0.2) is 42.4 Å². The Morgan fingerprint density at radius 1 is 0.400 bits per heavy atom. The summed E-state index contributed by atoms with van der Waals surface area (Å²) < 4.78 is 0. The van der Waals surface area contributed by atoms with Crippen LogP contribution in [0.15, 0.2) is 198 Å². The first-order valence-electron chi connectivity index (χ1n) is 18.7. The summed E-state index contributed by atoms with van der Waals surface area (Å²) in [6, 6.07) is 59.9. The average Bonchev–Trinajstić information content (AvgIpc) is 3.77. The second-order valence-electron chi connectivity index (χ2n) is 15.5. The van der Waals surface area contributed by atoms with Gasteiger partial charge in [0.2, 0.25) is 0 Å². The Balaban J connectivity index is 0.000000184. The number of halogens is 1. The summed E-state index contributed by atoms with van der Waals surface area (Å²) in [4.78, 5) is 23.1. The molecule has 0 aromatic heterocycles. The fourth-order valence-electron chi connectivity index (χ4n) is 6.53. The van der Waals surface area contributed by atoms with Crippen molar-refractivity contribution in [3.05, 3.63) is 205 Å². The molecule has 55 heavy (non-hydrogen) atoms. The Morgan fingerprint density at radius 2 is 0.618 bits per heavy atom. The Bertz CT molecular complexity index is 1750. The van der Waals surface area contributed by atoms with Gasteiger partial charge in [0.25, 0.3) is 16.6 Å². The minimum atomic E-state index is -2.88. The third-order valence-corrected chi connectivity index (χ3v) is 20.8. The molecular weight excluding hydrogens is 792 g/mol. The van der Waals surface area contributed by atoms with E-state index in [0.29, 0.717) is 0 Å². The van der Waals surface area contributed by atoms with E-state index < -0.39 is 32.8 Å². The first-order valence-corrected chi connectivity index (χ1v) is 31.7. The van der Waals surface area contributed by atoms with Crippen molar-refractivity contribution < 1.29 is 29.0 Å². The maximum atomic E-state index is 11.6.